The Morgan fingerprint density at radius 3 is 2.41 bits per heavy atom. The van der Waals surface area contributed by atoms with Crippen molar-refractivity contribution in [2.45, 2.75) is 46.6 Å². The third-order valence-electron chi connectivity index (χ3n) is 5.67. The van der Waals surface area contributed by atoms with E-state index in [0.717, 1.165) is 13.1 Å². The molecular weight excluding hydrogens is 410 g/mol. The second kappa shape index (κ2) is 10.4. The van der Waals surface area contributed by atoms with Gasteiger partial charge < -0.3 is 14.4 Å². The Morgan fingerprint density at radius 2 is 1.81 bits per heavy atom. The summed E-state index contributed by atoms with van der Waals surface area (Å²) in [5.41, 5.74) is 0.289. The van der Waals surface area contributed by atoms with E-state index in [1.807, 2.05) is 27.7 Å². The largest absolute Gasteiger partial charge is 0.494 e. The smallest absolute Gasteiger partial charge is 0.257 e. The van der Waals surface area contributed by atoms with Crippen molar-refractivity contribution >= 4 is 23.4 Å². The highest BCUT2D eigenvalue weighted by Gasteiger charge is 2.44. The number of amides is 3. The average molecular weight is 446 g/mol. The molecule has 1 aromatic carbocycles. The molecule has 176 valence electrons. The summed E-state index contributed by atoms with van der Waals surface area (Å²) in [6, 6.07) is 6.13. The van der Waals surface area contributed by atoms with Gasteiger partial charge in [0.15, 0.2) is 0 Å². The van der Waals surface area contributed by atoms with Crippen molar-refractivity contribution in [1.82, 2.24) is 9.80 Å². The predicted octanol–water partition coefficient (Wildman–Crippen LogP) is 2.31. The summed E-state index contributed by atoms with van der Waals surface area (Å²) in [4.78, 5) is 44.4. The monoisotopic (exact) mass is 445 g/mol. The number of anilines is 1. The summed E-state index contributed by atoms with van der Waals surface area (Å²) in [5, 5.41) is 0. The molecular formula is C24H35N3O5. The summed E-state index contributed by atoms with van der Waals surface area (Å²) in [5.74, 6) is -0.0441. The molecule has 3 amide bonds. The number of rotatable bonds is 8. The fourth-order valence-electron chi connectivity index (χ4n) is 4.07. The van der Waals surface area contributed by atoms with Crippen LogP contribution in [0.4, 0.5) is 5.69 Å². The first-order valence-electron chi connectivity index (χ1n) is 11.4. The van der Waals surface area contributed by atoms with Crippen molar-refractivity contribution in [2.24, 2.45) is 5.41 Å². The minimum atomic E-state index is -0.773. The minimum Gasteiger partial charge on any atom is -0.494 e. The van der Waals surface area contributed by atoms with Crippen molar-refractivity contribution in [1.29, 1.82) is 0 Å². The van der Waals surface area contributed by atoms with Gasteiger partial charge in [0.25, 0.3) is 5.91 Å². The first-order valence-corrected chi connectivity index (χ1v) is 11.4. The Balaban J connectivity index is 1.77. The Morgan fingerprint density at radius 1 is 1.16 bits per heavy atom. The highest BCUT2D eigenvalue weighted by atomic mass is 16.5. The molecule has 1 atom stereocenters. The number of morpholine rings is 1. The van der Waals surface area contributed by atoms with Crippen LogP contribution in [0, 0.1) is 5.41 Å². The van der Waals surface area contributed by atoms with Gasteiger partial charge in [-0.1, -0.05) is 20.8 Å². The lowest BCUT2D eigenvalue weighted by Gasteiger charge is -2.33. The number of benzene rings is 1. The molecule has 0 spiro atoms. The lowest BCUT2D eigenvalue weighted by atomic mass is 9.91. The van der Waals surface area contributed by atoms with Crippen LogP contribution in [0.5, 0.6) is 5.75 Å². The maximum absolute atomic E-state index is 13.3. The molecule has 0 radical (unpaired) electrons. The average Bonchev–Trinajstić information content (AvgIpc) is 3.02. The van der Waals surface area contributed by atoms with Gasteiger partial charge in [0.05, 0.1) is 31.9 Å². The van der Waals surface area contributed by atoms with Gasteiger partial charge in [0, 0.05) is 32.6 Å². The number of carbonyl (C=O) groups is 3. The molecule has 2 saturated heterocycles. The van der Waals surface area contributed by atoms with Gasteiger partial charge in [-0.2, -0.15) is 0 Å². The lowest BCUT2D eigenvalue weighted by molar-refractivity contribution is -0.140. The van der Waals surface area contributed by atoms with Gasteiger partial charge >= 0.3 is 0 Å². The van der Waals surface area contributed by atoms with Crippen molar-refractivity contribution < 1.29 is 23.9 Å². The molecule has 2 aliphatic rings. The van der Waals surface area contributed by atoms with Crippen LogP contribution in [0.1, 0.15) is 40.5 Å². The number of hydrogen-bond acceptors (Lipinski definition) is 6. The Kier molecular flexibility index (Phi) is 7.90. The molecule has 32 heavy (non-hydrogen) atoms. The van der Waals surface area contributed by atoms with E-state index in [9.17, 15) is 14.4 Å². The molecule has 2 heterocycles. The van der Waals surface area contributed by atoms with E-state index in [2.05, 4.69) is 4.90 Å². The summed E-state index contributed by atoms with van der Waals surface area (Å²) in [6.45, 7) is 12.4. The third kappa shape index (κ3) is 6.07. The third-order valence-corrected chi connectivity index (χ3v) is 5.67. The zero-order chi connectivity index (χ0) is 23.3. The maximum atomic E-state index is 13.3. The van der Waals surface area contributed by atoms with E-state index >= 15 is 0 Å². The van der Waals surface area contributed by atoms with Crippen molar-refractivity contribution in [3.05, 3.63) is 24.3 Å². The number of ether oxygens (including phenoxy) is 2. The fourth-order valence-corrected chi connectivity index (χ4v) is 4.07. The molecule has 0 N–H and O–H groups in total. The van der Waals surface area contributed by atoms with Crippen LogP contribution in [0.3, 0.4) is 0 Å². The van der Waals surface area contributed by atoms with Gasteiger partial charge in [-0.05, 0) is 36.6 Å². The van der Waals surface area contributed by atoms with E-state index in [1.54, 1.807) is 29.2 Å². The molecule has 8 heteroatoms. The minimum absolute atomic E-state index is 0.00500. The van der Waals surface area contributed by atoms with Crippen molar-refractivity contribution in [2.75, 3.05) is 50.9 Å². The Labute approximate surface area is 190 Å². The van der Waals surface area contributed by atoms with Crippen LogP contribution >= 0.6 is 0 Å². The van der Waals surface area contributed by atoms with Crippen LogP contribution in [0.15, 0.2) is 24.3 Å². The molecule has 3 rings (SSSR count). The number of carbonyl (C=O) groups excluding carboxylic acids is 3. The zero-order valence-electron chi connectivity index (χ0n) is 19.6. The van der Waals surface area contributed by atoms with Gasteiger partial charge in [-0.25, -0.2) is 4.90 Å². The molecule has 0 saturated carbocycles. The predicted molar refractivity (Wildman–Crippen MR) is 122 cm³/mol. The van der Waals surface area contributed by atoms with E-state index in [1.165, 1.54) is 4.90 Å². The first-order chi connectivity index (χ1) is 15.2. The molecule has 0 bridgehead atoms. The summed E-state index contributed by atoms with van der Waals surface area (Å²) in [6.07, 6.45) is 0.322. The van der Waals surface area contributed by atoms with E-state index in [-0.39, 0.29) is 29.6 Å². The van der Waals surface area contributed by atoms with Gasteiger partial charge in [0.2, 0.25) is 11.8 Å². The second-order valence-electron chi connectivity index (χ2n) is 9.49. The molecule has 2 aliphatic heterocycles. The van der Waals surface area contributed by atoms with Crippen LogP contribution in [-0.4, -0.2) is 79.6 Å². The van der Waals surface area contributed by atoms with Crippen LogP contribution < -0.4 is 9.64 Å². The Hall–Kier alpha value is -2.45. The van der Waals surface area contributed by atoms with Gasteiger partial charge in [-0.15, -0.1) is 0 Å². The van der Waals surface area contributed by atoms with Gasteiger partial charge in [0.1, 0.15) is 11.8 Å². The van der Waals surface area contributed by atoms with E-state index < -0.39 is 6.04 Å². The molecule has 1 unspecified atom stereocenters. The normalized spacial score (nSPS) is 20.0. The summed E-state index contributed by atoms with van der Waals surface area (Å²) < 4.78 is 10.8. The van der Waals surface area contributed by atoms with Crippen LogP contribution in [0.25, 0.3) is 0 Å². The quantitative estimate of drug-likeness (QED) is 0.572. The number of imide groups is 1. The number of nitrogens with zero attached hydrogens (tertiary/aromatic N) is 3. The highest BCUT2D eigenvalue weighted by Crippen LogP contribution is 2.29. The number of hydrogen-bond donors (Lipinski definition) is 0. The van der Waals surface area contributed by atoms with E-state index in [4.69, 9.17) is 9.47 Å². The lowest BCUT2D eigenvalue weighted by Crippen LogP contribution is -2.50. The standard InChI is InChI=1S/C24H35N3O5/c1-5-32-19-8-6-18(7-9-19)27-21(28)16-20(23(27)30)26(22(29)17-24(2,3)4)11-10-25-12-14-31-15-13-25/h6-9,20H,5,10-17H2,1-4H3. The first kappa shape index (κ1) is 24.2. The second-order valence-corrected chi connectivity index (χ2v) is 9.49. The Bertz CT molecular complexity index is 812. The van der Waals surface area contributed by atoms with Crippen molar-refractivity contribution in [3.8, 4) is 5.75 Å². The maximum Gasteiger partial charge on any atom is 0.257 e. The van der Waals surface area contributed by atoms with Crippen LogP contribution in [-0.2, 0) is 19.1 Å². The van der Waals surface area contributed by atoms with Crippen molar-refractivity contribution in [3.63, 3.8) is 0 Å². The molecule has 0 aliphatic carbocycles. The molecule has 2 fully saturated rings. The summed E-state index contributed by atoms with van der Waals surface area (Å²) in [7, 11) is 0. The SMILES string of the molecule is CCOc1ccc(N2C(=O)CC(N(CCN3CCOCC3)C(=O)CC(C)(C)C)C2=O)cc1. The van der Waals surface area contributed by atoms with Gasteiger partial charge in [-0.3, -0.25) is 19.3 Å². The van der Waals surface area contributed by atoms with E-state index in [0.29, 0.717) is 50.8 Å². The topological polar surface area (TPSA) is 79.4 Å². The molecule has 1 aromatic rings. The highest BCUT2D eigenvalue weighted by molar-refractivity contribution is 6.23. The molecule has 0 aromatic heterocycles. The zero-order valence-corrected chi connectivity index (χ0v) is 19.6. The molecule has 8 nitrogen and oxygen atoms in total. The summed E-state index contributed by atoms with van der Waals surface area (Å²) >= 11 is 0. The van der Waals surface area contributed by atoms with Crippen LogP contribution in [0.2, 0.25) is 0 Å². The fraction of sp³-hybridized carbons (Fsp3) is 0.625.